The van der Waals surface area contributed by atoms with Crippen molar-refractivity contribution in [2.45, 2.75) is 211 Å². The minimum atomic E-state index is -1.55. The maximum atomic E-state index is 12.8. The lowest BCUT2D eigenvalue weighted by atomic mass is 9.99. The average Bonchev–Trinajstić information content (AvgIpc) is 3.07. The van der Waals surface area contributed by atoms with Crippen molar-refractivity contribution in [2.24, 2.45) is 0 Å². The van der Waals surface area contributed by atoms with Crippen LogP contribution in [-0.2, 0) is 14.3 Å². The van der Waals surface area contributed by atoms with Gasteiger partial charge in [0.25, 0.3) is 0 Å². The van der Waals surface area contributed by atoms with E-state index < -0.39 is 49.5 Å². The molecule has 47 heavy (non-hydrogen) atoms. The van der Waals surface area contributed by atoms with Crippen molar-refractivity contribution in [1.82, 2.24) is 5.32 Å². The second-order valence-electron chi connectivity index (χ2n) is 13.7. The molecular formula is C38H73NO8. The van der Waals surface area contributed by atoms with Gasteiger partial charge in [0, 0.05) is 6.42 Å². The molecule has 1 amide bonds. The number of aliphatic hydroxyl groups is 5. The third kappa shape index (κ3) is 21.6. The number of hydrogen-bond donors (Lipinski definition) is 6. The number of hydrogen-bond acceptors (Lipinski definition) is 8. The van der Waals surface area contributed by atoms with Crippen LogP contribution in [0.15, 0.2) is 12.2 Å². The van der Waals surface area contributed by atoms with Crippen molar-refractivity contribution < 1.29 is 39.8 Å². The second-order valence-corrected chi connectivity index (χ2v) is 13.7. The highest BCUT2D eigenvalue weighted by Gasteiger charge is 2.44. The SMILES string of the molecule is CCCCCCCC/C=C\CCCCCCCCCCCC(=O)NC(COC1OC(CO)C(O)C(O)C1O)C(O)CCCCCCC. The lowest BCUT2D eigenvalue weighted by molar-refractivity contribution is -0.302. The molecule has 1 saturated heterocycles. The van der Waals surface area contributed by atoms with Crippen molar-refractivity contribution in [3.05, 3.63) is 12.2 Å². The van der Waals surface area contributed by atoms with Crippen LogP contribution in [0.4, 0.5) is 0 Å². The van der Waals surface area contributed by atoms with E-state index in [4.69, 9.17) is 9.47 Å². The standard InChI is InChI=1S/C38H73NO8/c1-3-5-7-9-10-11-12-13-14-15-16-17-18-19-20-21-22-24-26-28-34(42)39-31(32(41)27-25-23-8-6-4-2)30-46-38-37(45)36(44)35(43)33(29-40)47-38/h13-14,31-33,35-38,40-41,43-45H,3-12,15-30H2,1-2H3,(H,39,42)/b14-13-. The van der Waals surface area contributed by atoms with Crippen LogP contribution in [0, 0.1) is 0 Å². The largest absolute Gasteiger partial charge is 0.394 e. The first kappa shape index (κ1) is 44.0. The quantitative estimate of drug-likeness (QED) is 0.0357. The van der Waals surface area contributed by atoms with Crippen LogP contribution in [0.1, 0.15) is 168 Å². The van der Waals surface area contributed by atoms with Gasteiger partial charge in [-0.05, 0) is 38.5 Å². The fraction of sp³-hybridized carbons (Fsp3) is 0.921. The third-order valence-electron chi connectivity index (χ3n) is 9.37. The normalized spacial score (nSPS) is 22.9. The summed E-state index contributed by atoms with van der Waals surface area (Å²) in [6.45, 7) is 3.72. The van der Waals surface area contributed by atoms with Gasteiger partial charge >= 0.3 is 0 Å². The number of nitrogens with one attached hydrogen (secondary N) is 1. The van der Waals surface area contributed by atoms with Crippen LogP contribution in [0.5, 0.6) is 0 Å². The summed E-state index contributed by atoms with van der Waals surface area (Å²) in [5, 5.41) is 53.7. The summed E-state index contributed by atoms with van der Waals surface area (Å²) in [5.41, 5.74) is 0. The number of ether oxygens (including phenoxy) is 2. The van der Waals surface area contributed by atoms with E-state index in [2.05, 4.69) is 31.3 Å². The van der Waals surface area contributed by atoms with Crippen LogP contribution in [0.25, 0.3) is 0 Å². The Hall–Kier alpha value is -1.07. The molecule has 1 aliphatic heterocycles. The number of carbonyl (C=O) groups excluding carboxylic acids is 1. The summed E-state index contributed by atoms with van der Waals surface area (Å²) >= 11 is 0. The molecule has 0 aromatic rings. The maximum Gasteiger partial charge on any atom is 0.220 e. The van der Waals surface area contributed by atoms with Gasteiger partial charge in [0.05, 0.1) is 25.4 Å². The minimum absolute atomic E-state index is 0.139. The van der Waals surface area contributed by atoms with Gasteiger partial charge in [-0.25, -0.2) is 0 Å². The fourth-order valence-electron chi connectivity index (χ4n) is 6.15. The molecule has 1 aliphatic rings. The number of rotatable bonds is 31. The highest BCUT2D eigenvalue weighted by Crippen LogP contribution is 2.23. The monoisotopic (exact) mass is 672 g/mol. The Morgan fingerprint density at radius 2 is 1.19 bits per heavy atom. The van der Waals surface area contributed by atoms with Gasteiger partial charge < -0.3 is 40.3 Å². The summed E-state index contributed by atoms with van der Waals surface area (Å²) < 4.78 is 11.1. The van der Waals surface area contributed by atoms with E-state index in [1.807, 2.05) is 0 Å². The molecule has 1 rings (SSSR count). The van der Waals surface area contributed by atoms with E-state index in [1.54, 1.807) is 0 Å². The van der Waals surface area contributed by atoms with Crippen molar-refractivity contribution in [3.63, 3.8) is 0 Å². The van der Waals surface area contributed by atoms with Gasteiger partial charge in [0.2, 0.25) is 5.91 Å². The highest BCUT2D eigenvalue weighted by atomic mass is 16.7. The molecule has 7 unspecified atom stereocenters. The van der Waals surface area contributed by atoms with E-state index >= 15 is 0 Å². The van der Waals surface area contributed by atoms with Crippen molar-refractivity contribution in [3.8, 4) is 0 Å². The van der Waals surface area contributed by atoms with Gasteiger partial charge in [0.1, 0.15) is 24.4 Å². The van der Waals surface area contributed by atoms with Crippen LogP contribution in [-0.4, -0.2) is 87.5 Å². The molecule has 278 valence electrons. The van der Waals surface area contributed by atoms with Crippen LogP contribution in [0.2, 0.25) is 0 Å². The lowest BCUT2D eigenvalue weighted by Gasteiger charge is -2.40. The molecular weight excluding hydrogens is 598 g/mol. The molecule has 0 spiro atoms. The summed E-state index contributed by atoms with van der Waals surface area (Å²) in [6, 6.07) is -0.711. The average molecular weight is 672 g/mol. The Bertz CT molecular complexity index is 751. The minimum Gasteiger partial charge on any atom is -0.394 e. The first-order valence-corrected chi connectivity index (χ1v) is 19.4. The van der Waals surface area contributed by atoms with Gasteiger partial charge in [0.15, 0.2) is 6.29 Å². The van der Waals surface area contributed by atoms with Crippen LogP contribution >= 0.6 is 0 Å². The van der Waals surface area contributed by atoms with E-state index in [-0.39, 0.29) is 12.5 Å². The molecule has 0 bridgehead atoms. The molecule has 0 aliphatic carbocycles. The van der Waals surface area contributed by atoms with Crippen molar-refractivity contribution in [2.75, 3.05) is 13.2 Å². The second kappa shape index (κ2) is 29.8. The predicted molar refractivity (Wildman–Crippen MR) is 189 cm³/mol. The molecule has 0 aromatic heterocycles. The third-order valence-corrected chi connectivity index (χ3v) is 9.37. The Balaban J connectivity index is 2.25. The van der Waals surface area contributed by atoms with Crippen LogP contribution < -0.4 is 5.32 Å². The van der Waals surface area contributed by atoms with Crippen molar-refractivity contribution >= 4 is 5.91 Å². The first-order chi connectivity index (χ1) is 22.8. The fourth-order valence-corrected chi connectivity index (χ4v) is 6.15. The molecule has 0 aromatic carbocycles. The van der Waals surface area contributed by atoms with Crippen molar-refractivity contribution in [1.29, 1.82) is 0 Å². The molecule has 0 saturated carbocycles. The molecule has 9 nitrogen and oxygen atoms in total. The molecule has 7 atom stereocenters. The van der Waals surface area contributed by atoms with Crippen LogP contribution in [0.3, 0.4) is 0 Å². The zero-order valence-electron chi connectivity index (χ0n) is 30.0. The number of amides is 1. The van der Waals surface area contributed by atoms with Gasteiger partial charge in [-0.15, -0.1) is 0 Å². The maximum absolute atomic E-state index is 12.8. The lowest BCUT2D eigenvalue weighted by Crippen LogP contribution is -2.60. The first-order valence-electron chi connectivity index (χ1n) is 19.4. The number of carbonyl (C=O) groups is 1. The summed E-state index contributed by atoms with van der Waals surface area (Å²) in [4.78, 5) is 12.8. The van der Waals surface area contributed by atoms with Gasteiger partial charge in [-0.2, -0.15) is 0 Å². The Labute approximate surface area is 286 Å². The Morgan fingerprint density at radius 1 is 0.702 bits per heavy atom. The molecule has 0 radical (unpaired) electrons. The zero-order chi connectivity index (χ0) is 34.5. The number of allylic oxidation sites excluding steroid dienone is 2. The molecule has 1 heterocycles. The number of unbranched alkanes of at least 4 members (excludes halogenated alkanes) is 19. The van der Waals surface area contributed by atoms with Gasteiger partial charge in [-0.3, -0.25) is 4.79 Å². The molecule has 6 N–H and O–H groups in total. The predicted octanol–water partition coefficient (Wildman–Crippen LogP) is 6.61. The zero-order valence-corrected chi connectivity index (χ0v) is 30.0. The van der Waals surface area contributed by atoms with E-state index in [1.165, 1.54) is 89.9 Å². The smallest absolute Gasteiger partial charge is 0.220 e. The molecule has 1 fully saturated rings. The topological polar surface area (TPSA) is 149 Å². The van der Waals surface area contributed by atoms with E-state index in [9.17, 15) is 30.3 Å². The highest BCUT2D eigenvalue weighted by molar-refractivity contribution is 5.76. The summed E-state index contributed by atoms with van der Waals surface area (Å²) in [7, 11) is 0. The van der Waals surface area contributed by atoms with E-state index in [0.717, 1.165) is 51.4 Å². The Kier molecular flexibility index (Phi) is 27.9. The number of aliphatic hydroxyl groups excluding tert-OH is 5. The molecule has 9 heteroatoms. The van der Waals surface area contributed by atoms with E-state index in [0.29, 0.717) is 12.8 Å². The summed E-state index contributed by atoms with van der Waals surface area (Å²) in [5.74, 6) is -0.154. The van der Waals surface area contributed by atoms with Gasteiger partial charge in [-0.1, -0.05) is 135 Å². The Morgan fingerprint density at radius 3 is 1.72 bits per heavy atom. The summed E-state index contributed by atoms with van der Waals surface area (Å²) in [6.07, 6.45) is 24.1.